The van der Waals surface area contributed by atoms with Gasteiger partial charge in [-0.15, -0.1) is 0 Å². The smallest absolute Gasteiger partial charge is 0.255 e. The molecule has 1 aromatic heterocycles. The second kappa shape index (κ2) is 7.01. The van der Waals surface area contributed by atoms with Gasteiger partial charge < -0.3 is 9.80 Å². The van der Waals surface area contributed by atoms with E-state index in [1.807, 2.05) is 17.0 Å². The van der Waals surface area contributed by atoms with E-state index in [1.54, 1.807) is 6.20 Å². The van der Waals surface area contributed by atoms with E-state index in [2.05, 4.69) is 16.8 Å². The lowest BCUT2D eigenvalue weighted by atomic mass is 9.77. The number of nitrogens with zero attached hydrogens (tertiary/aromatic N) is 3. The first kappa shape index (κ1) is 17.5. The minimum Gasteiger partial charge on any atom is -0.342 e. The maximum absolute atomic E-state index is 12.7. The summed E-state index contributed by atoms with van der Waals surface area (Å²) in [5, 5.41) is 0. The average molecular weight is 355 g/mol. The van der Waals surface area contributed by atoms with Crippen LogP contribution in [0.3, 0.4) is 0 Å². The largest absolute Gasteiger partial charge is 0.342 e. The fraction of sp³-hybridized carbons (Fsp3) is 0.667. The van der Waals surface area contributed by atoms with Crippen LogP contribution in [0.2, 0.25) is 0 Å². The van der Waals surface area contributed by atoms with Crippen LogP contribution in [-0.2, 0) is 11.2 Å². The molecule has 0 atom stereocenters. The molecule has 3 fully saturated rings. The number of amides is 2. The van der Waals surface area contributed by atoms with Gasteiger partial charge in [0.1, 0.15) is 0 Å². The van der Waals surface area contributed by atoms with Crippen molar-refractivity contribution in [1.29, 1.82) is 0 Å². The van der Waals surface area contributed by atoms with Gasteiger partial charge in [0.15, 0.2) is 0 Å². The van der Waals surface area contributed by atoms with Crippen molar-refractivity contribution >= 4 is 11.8 Å². The molecule has 5 nitrogen and oxygen atoms in total. The molecule has 0 aromatic carbocycles. The number of hydrogen-bond donors (Lipinski definition) is 0. The van der Waals surface area contributed by atoms with Crippen molar-refractivity contribution in [2.24, 2.45) is 11.3 Å². The Labute approximate surface area is 155 Å². The molecule has 0 radical (unpaired) electrons. The van der Waals surface area contributed by atoms with E-state index in [0.717, 1.165) is 57.1 Å². The molecule has 1 spiro atoms. The Morgan fingerprint density at radius 3 is 2.62 bits per heavy atom. The molecule has 1 aromatic rings. The summed E-state index contributed by atoms with van der Waals surface area (Å²) < 4.78 is 0. The van der Waals surface area contributed by atoms with E-state index >= 15 is 0 Å². The molecule has 0 unspecified atom stereocenters. The molecular formula is C21H29N3O2. The van der Waals surface area contributed by atoms with Crippen molar-refractivity contribution in [1.82, 2.24) is 14.8 Å². The van der Waals surface area contributed by atoms with Gasteiger partial charge in [-0.25, -0.2) is 0 Å². The van der Waals surface area contributed by atoms with E-state index in [9.17, 15) is 9.59 Å². The first-order chi connectivity index (χ1) is 12.6. The Morgan fingerprint density at radius 2 is 2.04 bits per heavy atom. The number of pyridine rings is 1. The third-order valence-corrected chi connectivity index (χ3v) is 6.65. The zero-order valence-electron chi connectivity index (χ0n) is 15.7. The second-order valence-electron chi connectivity index (χ2n) is 8.43. The lowest BCUT2D eigenvalue weighted by molar-refractivity contribution is -0.128. The Morgan fingerprint density at radius 1 is 1.27 bits per heavy atom. The number of rotatable bonds is 4. The van der Waals surface area contributed by atoms with Crippen LogP contribution in [0.15, 0.2) is 18.3 Å². The molecule has 1 saturated carbocycles. The second-order valence-corrected chi connectivity index (χ2v) is 8.43. The molecule has 0 bridgehead atoms. The minimum atomic E-state index is 0.0747. The van der Waals surface area contributed by atoms with E-state index in [-0.39, 0.29) is 11.3 Å². The molecule has 3 heterocycles. The lowest BCUT2D eigenvalue weighted by Gasteiger charge is -2.39. The standard InChI is InChI=1S/C21H29N3O2/c1-2-18-7-6-17(13-22-18)20(26)23-10-8-21(9-11-23)12-19(25)24(15-21)14-16-4-3-5-16/h6-7,13,16H,2-5,8-12,14-15H2,1H3. The van der Waals surface area contributed by atoms with Gasteiger partial charge in [-0.1, -0.05) is 13.3 Å². The number of carbonyl (C=O) groups excluding carboxylic acids is 2. The molecule has 2 aliphatic heterocycles. The van der Waals surface area contributed by atoms with E-state index < -0.39 is 0 Å². The molecule has 5 heteroatoms. The number of aryl methyl sites for hydroxylation is 1. The monoisotopic (exact) mass is 355 g/mol. The molecule has 26 heavy (non-hydrogen) atoms. The number of hydrogen-bond acceptors (Lipinski definition) is 3. The van der Waals surface area contributed by atoms with Gasteiger partial charge in [0.2, 0.25) is 5.91 Å². The van der Waals surface area contributed by atoms with Gasteiger partial charge in [-0.05, 0) is 50.2 Å². The summed E-state index contributed by atoms with van der Waals surface area (Å²) in [5.41, 5.74) is 1.78. The molecule has 0 N–H and O–H groups in total. The summed E-state index contributed by atoms with van der Waals surface area (Å²) in [5.74, 6) is 1.14. The number of likely N-dealkylation sites (tertiary alicyclic amines) is 2. The maximum Gasteiger partial charge on any atom is 0.255 e. The van der Waals surface area contributed by atoms with Crippen molar-refractivity contribution in [2.75, 3.05) is 26.2 Å². The fourth-order valence-corrected chi connectivity index (χ4v) is 4.60. The quantitative estimate of drug-likeness (QED) is 0.834. The molecule has 2 amide bonds. The lowest BCUT2D eigenvalue weighted by Crippen LogP contribution is -2.44. The van der Waals surface area contributed by atoms with Crippen LogP contribution in [-0.4, -0.2) is 52.8 Å². The summed E-state index contributed by atoms with van der Waals surface area (Å²) in [7, 11) is 0. The zero-order valence-corrected chi connectivity index (χ0v) is 15.7. The van der Waals surface area contributed by atoms with Crippen LogP contribution in [0.4, 0.5) is 0 Å². The minimum absolute atomic E-state index is 0.0747. The first-order valence-electron chi connectivity index (χ1n) is 10.1. The topological polar surface area (TPSA) is 53.5 Å². The van der Waals surface area contributed by atoms with Crippen LogP contribution < -0.4 is 0 Å². The molecule has 140 valence electrons. The molecule has 2 saturated heterocycles. The molecule has 4 rings (SSSR count). The highest BCUT2D eigenvalue weighted by Crippen LogP contribution is 2.42. The van der Waals surface area contributed by atoms with Gasteiger partial charge in [0, 0.05) is 49.9 Å². The number of carbonyl (C=O) groups is 2. The van der Waals surface area contributed by atoms with Crippen LogP contribution in [0, 0.1) is 11.3 Å². The first-order valence-corrected chi connectivity index (χ1v) is 10.1. The highest BCUT2D eigenvalue weighted by atomic mass is 16.2. The summed E-state index contributed by atoms with van der Waals surface area (Å²) in [4.78, 5) is 33.6. The summed E-state index contributed by atoms with van der Waals surface area (Å²) in [6.07, 6.45) is 9.01. The van der Waals surface area contributed by atoms with Crippen LogP contribution >= 0.6 is 0 Å². The number of piperidine rings is 1. The Kier molecular flexibility index (Phi) is 4.72. The molecule has 3 aliphatic rings. The van der Waals surface area contributed by atoms with Gasteiger partial charge in [0.05, 0.1) is 5.56 Å². The third kappa shape index (κ3) is 3.36. The van der Waals surface area contributed by atoms with Crippen LogP contribution in [0.25, 0.3) is 0 Å². The van der Waals surface area contributed by atoms with Gasteiger partial charge in [-0.3, -0.25) is 14.6 Å². The van der Waals surface area contributed by atoms with Gasteiger partial charge >= 0.3 is 0 Å². The van der Waals surface area contributed by atoms with Crippen molar-refractivity contribution in [3.63, 3.8) is 0 Å². The predicted molar refractivity (Wildman–Crippen MR) is 99.7 cm³/mol. The molecule has 1 aliphatic carbocycles. The Hall–Kier alpha value is -1.91. The van der Waals surface area contributed by atoms with Gasteiger partial charge in [0.25, 0.3) is 5.91 Å². The Bertz CT molecular complexity index is 673. The predicted octanol–water partition coefficient (Wildman–Crippen LogP) is 2.90. The summed E-state index contributed by atoms with van der Waals surface area (Å²) in [6.45, 7) is 5.42. The SMILES string of the molecule is CCc1ccc(C(=O)N2CCC3(CC2)CC(=O)N(CC2CCC2)C3)cn1. The summed E-state index contributed by atoms with van der Waals surface area (Å²) in [6, 6.07) is 3.82. The fourth-order valence-electron chi connectivity index (χ4n) is 4.60. The zero-order chi connectivity index (χ0) is 18.1. The van der Waals surface area contributed by atoms with Crippen LogP contribution in [0.5, 0.6) is 0 Å². The third-order valence-electron chi connectivity index (χ3n) is 6.65. The maximum atomic E-state index is 12.7. The van der Waals surface area contributed by atoms with Gasteiger partial charge in [-0.2, -0.15) is 0 Å². The van der Waals surface area contributed by atoms with Crippen molar-refractivity contribution in [3.05, 3.63) is 29.6 Å². The Balaban J connectivity index is 1.34. The normalized spacial score (nSPS) is 22.7. The van der Waals surface area contributed by atoms with Crippen molar-refractivity contribution in [3.8, 4) is 0 Å². The highest BCUT2D eigenvalue weighted by Gasteiger charge is 2.46. The average Bonchev–Trinajstić information content (AvgIpc) is 2.93. The molecular weight excluding hydrogens is 326 g/mol. The van der Waals surface area contributed by atoms with Crippen molar-refractivity contribution in [2.45, 2.75) is 51.9 Å². The van der Waals surface area contributed by atoms with E-state index in [4.69, 9.17) is 0 Å². The van der Waals surface area contributed by atoms with E-state index in [0.29, 0.717) is 17.9 Å². The summed E-state index contributed by atoms with van der Waals surface area (Å²) >= 11 is 0. The van der Waals surface area contributed by atoms with E-state index in [1.165, 1.54) is 19.3 Å². The van der Waals surface area contributed by atoms with Crippen LogP contribution in [0.1, 0.15) is 61.5 Å². The number of aromatic nitrogens is 1. The van der Waals surface area contributed by atoms with Crippen molar-refractivity contribution < 1.29 is 9.59 Å². The highest BCUT2D eigenvalue weighted by molar-refractivity contribution is 5.94.